The summed E-state index contributed by atoms with van der Waals surface area (Å²) in [5.74, 6) is 0.252. The molecule has 144 valence electrons. The zero-order valence-electron chi connectivity index (χ0n) is 16.5. The third kappa shape index (κ3) is 4.01. The first-order valence-electron chi connectivity index (χ1n) is 9.28. The predicted octanol–water partition coefficient (Wildman–Crippen LogP) is 4.96. The zero-order chi connectivity index (χ0) is 20.3. The first-order chi connectivity index (χ1) is 13.3. The summed E-state index contributed by atoms with van der Waals surface area (Å²) in [7, 11) is 0. The van der Waals surface area contributed by atoms with Crippen molar-refractivity contribution >= 4 is 17.2 Å². The predicted molar refractivity (Wildman–Crippen MR) is 115 cm³/mol. The van der Waals surface area contributed by atoms with Gasteiger partial charge in [0.15, 0.2) is 5.78 Å². The number of ketones is 1. The Morgan fingerprint density at radius 3 is 2.21 bits per heavy atom. The lowest BCUT2D eigenvalue weighted by molar-refractivity contribution is 0.103. The van der Waals surface area contributed by atoms with Crippen LogP contribution in [-0.2, 0) is 12.0 Å². The van der Waals surface area contributed by atoms with Crippen molar-refractivity contribution in [3.05, 3.63) is 89.0 Å². The second-order valence-corrected chi connectivity index (χ2v) is 7.84. The van der Waals surface area contributed by atoms with Gasteiger partial charge in [-0.05, 0) is 28.7 Å². The zero-order valence-corrected chi connectivity index (χ0v) is 16.5. The Kier molecular flexibility index (Phi) is 5.41. The molecule has 3 aromatic rings. The Bertz CT molecular complexity index is 989. The van der Waals surface area contributed by atoms with E-state index in [0.717, 1.165) is 11.1 Å². The highest BCUT2D eigenvalue weighted by atomic mass is 16.5. The van der Waals surface area contributed by atoms with E-state index in [1.807, 2.05) is 54.6 Å². The fraction of sp³-hybridized carbons (Fsp3) is 0.208. The highest BCUT2D eigenvalue weighted by Crippen LogP contribution is 2.35. The molecule has 0 bridgehead atoms. The molecule has 0 atom stereocenters. The van der Waals surface area contributed by atoms with E-state index in [1.165, 1.54) is 0 Å². The molecule has 4 N–H and O–H groups in total. The molecule has 3 rings (SSSR count). The Balaban J connectivity index is 2.04. The van der Waals surface area contributed by atoms with Crippen molar-refractivity contribution in [2.24, 2.45) is 0 Å². The number of ether oxygens (including phenoxy) is 1. The van der Waals surface area contributed by atoms with Crippen LogP contribution in [0, 0.1) is 0 Å². The largest absolute Gasteiger partial charge is 0.488 e. The van der Waals surface area contributed by atoms with Crippen molar-refractivity contribution in [2.75, 3.05) is 11.5 Å². The van der Waals surface area contributed by atoms with E-state index in [1.54, 1.807) is 12.1 Å². The van der Waals surface area contributed by atoms with Gasteiger partial charge >= 0.3 is 0 Å². The normalized spacial score (nSPS) is 11.2. The standard InChI is InChI=1S/C24H26N2O2/c1-24(2,3)18-12-8-7-11-17(18)23(27)21-20(14-13-19(25)22(21)26)28-15-16-9-5-4-6-10-16/h4-14H,15,25-26H2,1-3H3. The van der Waals surface area contributed by atoms with Crippen molar-refractivity contribution in [1.82, 2.24) is 0 Å². The van der Waals surface area contributed by atoms with Crippen LogP contribution in [0.5, 0.6) is 5.75 Å². The van der Waals surface area contributed by atoms with Crippen LogP contribution in [0.1, 0.15) is 47.8 Å². The van der Waals surface area contributed by atoms with Crippen molar-refractivity contribution in [1.29, 1.82) is 0 Å². The molecule has 0 heterocycles. The summed E-state index contributed by atoms with van der Waals surface area (Å²) in [4.78, 5) is 13.5. The van der Waals surface area contributed by atoms with Crippen molar-refractivity contribution in [2.45, 2.75) is 32.8 Å². The van der Waals surface area contributed by atoms with Gasteiger partial charge in [-0.25, -0.2) is 0 Å². The SMILES string of the molecule is CC(C)(C)c1ccccc1C(=O)c1c(OCc2ccccc2)ccc(N)c1N. The Morgan fingerprint density at radius 1 is 0.893 bits per heavy atom. The molecular formula is C24H26N2O2. The number of hydrogen-bond acceptors (Lipinski definition) is 4. The third-order valence-electron chi connectivity index (χ3n) is 4.68. The van der Waals surface area contributed by atoms with E-state index < -0.39 is 0 Å². The van der Waals surface area contributed by atoms with Crippen LogP contribution in [0.15, 0.2) is 66.7 Å². The molecule has 0 radical (unpaired) electrons. The Morgan fingerprint density at radius 2 is 1.54 bits per heavy atom. The van der Waals surface area contributed by atoms with E-state index in [0.29, 0.717) is 29.2 Å². The minimum atomic E-state index is -0.188. The Labute approximate surface area is 166 Å². The van der Waals surface area contributed by atoms with Crippen LogP contribution in [0.25, 0.3) is 0 Å². The number of hydrogen-bond donors (Lipinski definition) is 2. The molecule has 0 saturated heterocycles. The van der Waals surface area contributed by atoms with E-state index in [2.05, 4.69) is 20.8 Å². The smallest absolute Gasteiger partial charge is 0.199 e. The van der Waals surface area contributed by atoms with Crippen LogP contribution in [0.2, 0.25) is 0 Å². The molecule has 0 aliphatic rings. The topological polar surface area (TPSA) is 78.3 Å². The molecule has 28 heavy (non-hydrogen) atoms. The molecule has 3 aromatic carbocycles. The van der Waals surface area contributed by atoms with E-state index in [4.69, 9.17) is 16.2 Å². The van der Waals surface area contributed by atoms with Gasteiger partial charge in [-0.15, -0.1) is 0 Å². The summed E-state index contributed by atoms with van der Waals surface area (Å²) < 4.78 is 5.97. The van der Waals surface area contributed by atoms with E-state index in [-0.39, 0.29) is 16.9 Å². The maximum Gasteiger partial charge on any atom is 0.199 e. The second-order valence-electron chi connectivity index (χ2n) is 7.84. The molecule has 0 fully saturated rings. The first kappa shape index (κ1) is 19.5. The third-order valence-corrected chi connectivity index (χ3v) is 4.68. The van der Waals surface area contributed by atoms with Crippen molar-refractivity contribution in [3.8, 4) is 5.75 Å². The first-order valence-corrected chi connectivity index (χ1v) is 9.28. The molecule has 0 amide bonds. The number of carbonyl (C=O) groups is 1. The van der Waals surface area contributed by atoms with Gasteiger partial charge < -0.3 is 16.2 Å². The number of benzene rings is 3. The monoisotopic (exact) mass is 374 g/mol. The van der Waals surface area contributed by atoms with Gasteiger partial charge in [0.1, 0.15) is 12.4 Å². The van der Waals surface area contributed by atoms with Crippen molar-refractivity contribution < 1.29 is 9.53 Å². The van der Waals surface area contributed by atoms with Crippen LogP contribution in [-0.4, -0.2) is 5.78 Å². The molecule has 0 unspecified atom stereocenters. The quantitative estimate of drug-likeness (QED) is 0.489. The summed E-state index contributed by atoms with van der Waals surface area (Å²) in [5, 5.41) is 0. The van der Waals surface area contributed by atoms with Gasteiger partial charge in [0.05, 0.1) is 16.9 Å². The summed E-state index contributed by atoms with van der Waals surface area (Å²) in [6.45, 7) is 6.57. The summed E-state index contributed by atoms with van der Waals surface area (Å²) in [6.07, 6.45) is 0. The van der Waals surface area contributed by atoms with Gasteiger partial charge in [0.25, 0.3) is 0 Å². The maximum atomic E-state index is 13.5. The number of rotatable bonds is 5. The van der Waals surface area contributed by atoms with E-state index in [9.17, 15) is 4.79 Å². The van der Waals surface area contributed by atoms with Gasteiger partial charge in [0, 0.05) is 5.56 Å². The number of nitrogens with two attached hydrogens (primary N) is 2. The van der Waals surface area contributed by atoms with Crippen LogP contribution < -0.4 is 16.2 Å². The van der Waals surface area contributed by atoms with Gasteiger partial charge in [-0.2, -0.15) is 0 Å². The molecule has 4 heteroatoms. The minimum Gasteiger partial charge on any atom is -0.488 e. The fourth-order valence-corrected chi connectivity index (χ4v) is 3.18. The minimum absolute atomic E-state index is 0.182. The fourth-order valence-electron chi connectivity index (χ4n) is 3.18. The average molecular weight is 374 g/mol. The molecule has 0 saturated carbocycles. The lowest BCUT2D eigenvalue weighted by Gasteiger charge is -2.23. The van der Waals surface area contributed by atoms with Crippen molar-refractivity contribution in [3.63, 3.8) is 0 Å². The maximum absolute atomic E-state index is 13.5. The van der Waals surface area contributed by atoms with Crippen LogP contribution in [0.4, 0.5) is 11.4 Å². The van der Waals surface area contributed by atoms with Gasteiger partial charge in [-0.3, -0.25) is 4.79 Å². The molecule has 0 aliphatic carbocycles. The summed E-state index contributed by atoms with van der Waals surface area (Å²) >= 11 is 0. The average Bonchev–Trinajstić information content (AvgIpc) is 2.68. The van der Waals surface area contributed by atoms with Gasteiger partial charge in [0.2, 0.25) is 0 Å². The molecule has 0 aliphatic heterocycles. The highest BCUT2D eigenvalue weighted by Gasteiger charge is 2.26. The highest BCUT2D eigenvalue weighted by molar-refractivity contribution is 6.16. The lowest BCUT2D eigenvalue weighted by Crippen LogP contribution is -2.19. The number of anilines is 2. The Hall–Kier alpha value is -3.27. The van der Waals surface area contributed by atoms with Gasteiger partial charge in [-0.1, -0.05) is 75.4 Å². The lowest BCUT2D eigenvalue weighted by atomic mass is 9.81. The summed E-state index contributed by atoms with van der Waals surface area (Å²) in [5.41, 5.74) is 15.5. The molecule has 0 spiro atoms. The molecular weight excluding hydrogens is 348 g/mol. The number of carbonyl (C=O) groups excluding carboxylic acids is 1. The van der Waals surface area contributed by atoms with Crippen LogP contribution in [0.3, 0.4) is 0 Å². The molecule has 0 aromatic heterocycles. The number of nitrogen functional groups attached to an aromatic ring is 2. The second kappa shape index (κ2) is 7.77. The molecule has 4 nitrogen and oxygen atoms in total. The van der Waals surface area contributed by atoms with E-state index >= 15 is 0 Å². The van der Waals surface area contributed by atoms with Crippen LogP contribution >= 0.6 is 0 Å². The summed E-state index contributed by atoms with van der Waals surface area (Å²) in [6, 6.07) is 20.7.